The number of rotatable bonds is 2. The second-order valence-electron chi connectivity index (χ2n) is 3.13. The Morgan fingerprint density at radius 2 is 1.45 bits per heavy atom. The highest BCUT2D eigenvalue weighted by atomic mass is 15.4. The minimum atomic E-state index is 0.508. The second kappa shape index (κ2) is 3.37. The van der Waals surface area contributed by atoms with Crippen molar-refractivity contribution in [3.8, 4) is 12.1 Å². The van der Waals surface area contributed by atoms with Gasteiger partial charge in [-0.15, -0.1) is 0 Å². The first-order chi connectivity index (χ1) is 5.33. The highest BCUT2D eigenvalue weighted by molar-refractivity contribution is 4.77. The van der Waals surface area contributed by atoms with Crippen molar-refractivity contribution in [1.29, 1.82) is 10.5 Å². The van der Waals surface area contributed by atoms with Crippen LogP contribution in [0.5, 0.6) is 0 Å². The number of hydrogen-bond acceptors (Lipinski definition) is 2. The largest absolute Gasteiger partial charge is 0.300 e. The Hall–Kier alpha value is -1.06. The maximum absolute atomic E-state index is 8.54. The molecular formula is C8H12N3+. The molecule has 1 fully saturated rings. The van der Waals surface area contributed by atoms with Crippen molar-refractivity contribution in [3.05, 3.63) is 0 Å². The van der Waals surface area contributed by atoms with Crippen molar-refractivity contribution < 1.29 is 4.48 Å². The van der Waals surface area contributed by atoms with E-state index >= 15 is 0 Å². The lowest BCUT2D eigenvalue weighted by Crippen LogP contribution is -2.45. The zero-order valence-corrected chi connectivity index (χ0v) is 6.58. The number of quaternary nitrogens is 1. The first-order valence-corrected chi connectivity index (χ1v) is 3.92. The van der Waals surface area contributed by atoms with Crippen LogP contribution in [-0.4, -0.2) is 30.7 Å². The van der Waals surface area contributed by atoms with Gasteiger partial charge in [0, 0.05) is 12.8 Å². The van der Waals surface area contributed by atoms with E-state index in [0.717, 1.165) is 13.1 Å². The van der Waals surface area contributed by atoms with Gasteiger partial charge in [-0.2, -0.15) is 10.5 Å². The average molecular weight is 150 g/mol. The predicted molar refractivity (Wildman–Crippen MR) is 40.2 cm³/mol. The highest BCUT2D eigenvalue weighted by Gasteiger charge is 2.30. The van der Waals surface area contributed by atoms with Gasteiger partial charge in [-0.1, -0.05) is 0 Å². The molecule has 0 aliphatic carbocycles. The molecule has 1 saturated heterocycles. The first kappa shape index (κ1) is 8.04. The third-order valence-electron chi connectivity index (χ3n) is 2.33. The third-order valence-corrected chi connectivity index (χ3v) is 2.33. The third kappa shape index (κ3) is 1.69. The molecule has 0 N–H and O–H groups in total. The smallest absolute Gasteiger partial charge is 0.167 e. The lowest BCUT2D eigenvalue weighted by Gasteiger charge is -2.28. The van der Waals surface area contributed by atoms with Gasteiger partial charge < -0.3 is 0 Å². The van der Waals surface area contributed by atoms with Crippen molar-refractivity contribution in [2.75, 3.05) is 26.2 Å². The maximum Gasteiger partial charge on any atom is 0.167 e. The van der Waals surface area contributed by atoms with Crippen molar-refractivity contribution >= 4 is 0 Å². The highest BCUT2D eigenvalue weighted by Crippen LogP contribution is 2.17. The van der Waals surface area contributed by atoms with Crippen LogP contribution in [0.3, 0.4) is 0 Å². The summed E-state index contributed by atoms with van der Waals surface area (Å²) >= 11 is 0. The van der Waals surface area contributed by atoms with E-state index in [9.17, 15) is 0 Å². The average Bonchev–Trinajstić information content (AvgIpc) is 2.39. The number of likely N-dealkylation sites (tertiary alicyclic amines) is 1. The Bertz CT molecular complexity index is 184. The molecule has 1 heterocycles. The van der Waals surface area contributed by atoms with Gasteiger partial charge in [0.2, 0.25) is 0 Å². The molecule has 0 saturated carbocycles. The second-order valence-corrected chi connectivity index (χ2v) is 3.13. The number of nitrogens with zero attached hydrogens (tertiary/aromatic N) is 3. The van der Waals surface area contributed by atoms with E-state index in [-0.39, 0.29) is 0 Å². The summed E-state index contributed by atoms with van der Waals surface area (Å²) in [5.74, 6) is 0. The molecule has 1 aliphatic heterocycles. The summed E-state index contributed by atoms with van der Waals surface area (Å²) in [6, 6.07) is 4.31. The number of nitriles is 2. The van der Waals surface area contributed by atoms with E-state index in [4.69, 9.17) is 10.5 Å². The van der Waals surface area contributed by atoms with Crippen molar-refractivity contribution in [1.82, 2.24) is 0 Å². The Balaban J connectivity index is 2.57. The zero-order chi connectivity index (χ0) is 8.16. The Kier molecular flexibility index (Phi) is 2.46. The van der Waals surface area contributed by atoms with Gasteiger partial charge in [-0.05, 0) is 0 Å². The standard InChI is InChI=1S/C8H12N3/c9-3-7-11(8-4-10)5-1-2-6-11/h1-2,5-8H2/q+1. The molecule has 1 aliphatic rings. The molecule has 0 spiro atoms. The molecule has 0 unspecified atom stereocenters. The van der Waals surface area contributed by atoms with Gasteiger partial charge in [0.15, 0.2) is 13.1 Å². The zero-order valence-electron chi connectivity index (χ0n) is 6.58. The Labute approximate surface area is 67.0 Å². The van der Waals surface area contributed by atoms with Crippen LogP contribution in [0.25, 0.3) is 0 Å². The van der Waals surface area contributed by atoms with Gasteiger partial charge in [0.1, 0.15) is 12.1 Å². The van der Waals surface area contributed by atoms with Crippen LogP contribution < -0.4 is 0 Å². The monoisotopic (exact) mass is 150 g/mol. The van der Waals surface area contributed by atoms with E-state index in [0.29, 0.717) is 17.6 Å². The number of hydrogen-bond donors (Lipinski definition) is 0. The van der Waals surface area contributed by atoms with Gasteiger partial charge in [-0.25, -0.2) is 0 Å². The van der Waals surface area contributed by atoms with Crippen LogP contribution in [0.4, 0.5) is 0 Å². The fourth-order valence-corrected chi connectivity index (χ4v) is 1.68. The fourth-order valence-electron chi connectivity index (χ4n) is 1.68. The van der Waals surface area contributed by atoms with Gasteiger partial charge in [-0.3, -0.25) is 4.48 Å². The summed E-state index contributed by atoms with van der Waals surface area (Å²) in [5.41, 5.74) is 0. The molecular weight excluding hydrogens is 138 g/mol. The molecule has 0 bridgehead atoms. The molecule has 0 atom stereocenters. The minimum Gasteiger partial charge on any atom is -0.300 e. The fraction of sp³-hybridized carbons (Fsp3) is 0.750. The van der Waals surface area contributed by atoms with Gasteiger partial charge >= 0.3 is 0 Å². The summed E-state index contributed by atoms with van der Waals surface area (Å²) in [7, 11) is 0. The normalized spacial score (nSPS) is 20.5. The van der Waals surface area contributed by atoms with E-state index in [1.807, 2.05) is 0 Å². The van der Waals surface area contributed by atoms with Crippen molar-refractivity contribution in [2.45, 2.75) is 12.8 Å². The van der Waals surface area contributed by atoms with E-state index in [1.165, 1.54) is 12.8 Å². The van der Waals surface area contributed by atoms with E-state index in [2.05, 4.69) is 12.1 Å². The molecule has 1 rings (SSSR count). The van der Waals surface area contributed by atoms with Crippen LogP contribution in [-0.2, 0) is 0 Å². The predicted octanol–water partition coefficient (Wildman–Crippen LogP) is 0.644. The maximum atomic E-state index is 8.54. The molecule has 11 heavy (non-hydrogen) atoms. The summed E-state index contributed by atoms with van der Waals surface area (Å²) in [6.45, 7) is 3.05. The lowest BCUT2D eigenvalue weighted by molar-refractivity contribution is -0.903. The quantitative estimate of drug-likeness (QED) is 0.428. The van der Waals surface area contributed by atoms with Crippen LogP contribution in [0.2, 0.25) is 0 Å². The molecule has 58 valence electrons. The summed E-state index contributed by atoms with van der Waals surface area (Å²) in [6.07, 6.45) is 2.34. The topological polar surface area (TPSA) is 47.6 Å². The van der Waals surface area contributed by atoms with E-state index < -0.39 is 0 Å². The lowest BCUT2D eigenvalue weighted by atomic mass is 10.4. The molecule has 0 amide bonds. The SMILES string of the molecule is N#CC[N+]1(CC#N)CCCC1. The summed E-state index contributed by atoms with van der Waals surface area (Å²) in [4.78, 5) is 0. The van der Waals surface area contributed by atoms with E-state index in [1.54, 1.807) is 0 Å². The van der Waals surface area contributed by atoms with Gasteiger partial charge in [0.05, 0.1) is 13.1 Å². The molecule has 0 radical (unpaired) electrons. The van der Waals surface area contributed by atoms with Crippen LogP contribution >= 0.6 is 0 Å². The molecule has 0 aromatic carbocycles. The van der Waals surface area contributed by atoms with Crippen LogP contribution in [0, 0.1) is 22.7 Å². The van der Waals surface area contributed by atoms with Crippen LogP contribution in [0.1, 0.15) is 12.8 Å². The summed E-state index contributed by atoms with van der Waals surface area (Å²) in [5, 5.41) is 17.1. The Morgan fingerprint density at radius 1 is 1.00 bits per heavy atom. The summed E-state index contributed by atoms with van der Waals surface area (Å²) < 4.78 is 0.715. The van der Waals surface area contributed by atoms with Crippen molar-refractivity contribution in [3.63, 3.8) is 0 Å². The van der Waals surface area contributed by atoms with Crippen LogP contribution in [0.15, 0.2) is 0 Å². The molecule has 3 nitrogen and oxygen atoms in total. The van der Waals surface area contributed by atoms with Gasteiger partial charge in [0.25, 0.3) is 0 Å². The molecule has 3 heteroatoms. The molecule has 0 aromatic rings. The minimum absolute atomic E-state index is 0.508. The van der Waals surface area contributed by atoms with Crippen molar-refractivity contribution in [2.24, 2.45) is 0 Å². The molecule has 0 aromatic heterocycles. The Morgan fingerprint density at radius 3 is 1.82 bits per heavy atom. The first-order valence-electron chi connectivity index (χ1n) is 3.92.